The van der Waals surface area contributed by atoms with E-state index in [0.717, 1.165) is 39.1 Å². The molecule has 0 bridgehead atoms. The van der Waals surface area contributed by atoms with Gasteiger partial charge in [-0.15, -0.1) is 0 Å². The van der Waals surface area contributed by atoms with E-state index in [2.05, 4.69) is 42.6 Å². The molecule has 4 nitrogen and oxygen atoms in total. The van der Waals surface area contributed by atoms with Crippen LogP contribution in [0.4, 0.5) is 0 Å². The van der Waals surface area contributed by atoms with Crippen molar-refractivity contribution in [1.29, 1.82) is 0 Å². The van der Waals surface area contributed by atoms with Crippen LogP contribution in [0, 0.1) is 5.92 Å². The highest BCUT2D eigenvalue weighted by atomic mass is 16.2. The molecule has 1 aliphatic carbocycles. The molecule has 1 aromatic carbocycles. The van der Waals surface area contributed by atoms with Gasteiger partial charge in [0.2, 0.25) is 0 Å². The number of benzene rings is 1. The molecule has 1 amide bonds. The van der Waals surface area contributed by atoms with E-state index in [9.17, 15) is 4.79 Å². The number of piperazine rings is 1. The summed E-state index contributed by atoms with van der Waals surface area (Å²) in [4.78, 5) is 15.5. The van der Waals surface area contributed by atoms with E-state index in [-0.39, 0.29) is 5.91 Å². The van der Waals surface area contributed by atoms with Gasteiger partial charge in [0.1, 0.15) is 32.7 Å². The minimum Gasteiger partial charge on any atom is -0.348 e. The SMILES string of the molecule is C[C@H]1CCCC[C@@H]1NC(=O)C[NH+]1CC[NH+](Cc2ccccc2)CC1. The van der Waals surface area contributed by atoms with Crippen LogP contribution in [0.5, 0.6) is 0 Å². The zero-order chi connectivity index (χ0) is 16.8. The average molecular weight is 332 g/mol. The Bertz CT molecular complexity index is 511. The van der Waals surface area contributed by atoms with Gasteiger partial charge in [-0.2, -0.15) is 0 Å². The second kappa shape index (κ2) is 8.63. The Morgan fingerprint density at radius 2 is 1.71 bits per heavy atom. The molecular formula is C20H33N3O+2. The summed E-state index contributed by atoms with van der Waals surface area (Å²) in [7, 11) is 0. The van der Waals surface area contributed by atoms with Crippen molar-refractivity contribution >= 4 is 5.91 Å². The summed E-state index contributed by atoms with van der Waals surface area (Å²) in [6, 6.07) is 11.2. The van der Waals surface area contributed by atoms with Crippen LogP contribution >= 0.6 is 0 Å². The van der Waals surface area contributed by atoms with Crippen LogP contribution in [-0.2, 0) is 11.3 Å². The van der Waals surface area contributed by atoms with Crippen LogP contribution in [-0.4, -0.2) is 44.7 Å². The fraction of sp³-hybridized carbons (Fsp3) is 0.650. The standard InChI is InChI=1S/C20H31N3O/c1-17-7-5-6-10-19(17)21-20(24)16-23-13-11-22(12-14-23)15-18-8-3-2-4-9-18/h2-4,8-9,17,19H,5-7,10-16H2,1H3,(H,21,24)/p+2/t17-,19-/m0/s1. The van der Waals surface area contributed by atoms with Gasteiger partial charge >= 0.3 is 0 Å². The summed E-state index contributed by atoms with van der Waals surface area (Å²) in [6.45, 7) is 8.59. The van der Waals surface area contributed by atoms with Crippen molar-refractivity contribution in [3.05, 3.63) is 35.9 Å². The van der Waals surface area contributed by atoms with Crippen LogP contribution in [0.15, 0.2) is 30.3 Å². The molecule has 2 atom stereocenters. The molecule has 0 unspecified atom stereocenters. The van der Waals surface area contributed by atoms with Gasteiger partial charge < -0.3 is 15.1 Å². The second-order valence-corrected chi connectivity index (χ2v) is 7.77. The highest BCUT2D eigenvalue weighted by Crippen LogP contribution is 2.23. The normalized spacial score (nSPS) is 30.7. The summed E-state index contributed by atoms with van der Waals surface area (Å²) in [6.07, 6.45) is 5.02. The highest BCUT2D eigenvalue weighted by Gasteiger charge is 2.27. The van der Waals surface area contributed by atoms with Crippen LogP contribution in [0.25, 0.3) is 0 Å². The third kappa shape index (κ3) is 5.05. The molecule has 1 saturated carbocycles. The number of nitrogens with one attached hydrogen (secondary N) is 3. The van der Waals surface area contributed by atoms with Gasteiger partial charge in [-0.3, -0.25) is 4.79 Å². The Morgan fingerprint density at radius 3 is 2.42 bits per heavy atom. The van der Waals surface area contributed by atoms with Gasteiger partial charge in [0.15, 0.2) is 6.54 Å². The zero-order valence-electron chi connectivity index (χ0n) is 15.0. The Hall–Kier alpha value is -1.39. The van der Waals surface area contributed by atoms with E-state index in [0.29, 0.717) is 18.5 Å². The molecule has 1 saturated heterocycles. The third-order valence-corrected chi connectivity index (χ3v) is 5.83. The summed E-state index contributed by atoms with van der Waals surface area (Å²) >= 11 is 0. The molecule has 0 aromatic heterocycles. The first-order valence-electron chi connectivity index (χ1n) is 9.71. The van der Waals surface area contributed by atoms with E-state index < -0.39 is 0 Å². The summed E-state index contributed by atoms with van der Waals surface area (Å²) < 4.78 is 0. The topological polar surface area (TPSA) is 38.0 Å². The van der Waals surface area contributed by atoms with Gasteiger partial charge in [0, 0.05) is 11.6 Å². The molecule has 4 heteroatoms. The maximum Gasteiger partial charge on any atom is 0.275 e. The van der Waals surface area contributed by atoms with Crippen LogP contribution in [0.3, 0.4) is 0 Å². The lowest BCUT2D eigenvalue weighted by molar-refractivity contribution is -1.02. The highest BCUT2D eigenvalue weighted by molar-refractivity contribution is 5.77. The molecule has 2 aliphatic rings. The van der Waals surface area contributed by atoms with Gasteiger partial charge in [0.05, 0.1) is 0 Å². The Balaban J connectivity index is 1.38. The van der Waals surface area contributed by atoms with Crippen molar-refractivity contribution in [3.63, 3.8) is 0 Å². The van der Waals surface area contributed by atoms with Gasteiger partial charge in [0.25, 0.3) is 5.91 Å². The van der Waals surface area contributed by atoms with Gasteiger partial charge in [-0.25, -0.2) is 0 Å². The van der Waals surface area contributed by atoms with Crippen LogP contribution in [0.1, 0.15) is 38.2 Å². The first-order chi connectivity index (χ1) is 11.7. The maximum absolute atomic E-state index is 12.4. The van der Waals surface area contributed by atoms with Crippen molar-refractivity contribution < 1.29 is 14.6 Å². The quantitative estimate of drug-likeness (QED) is 0.679. The lowest BCUT2D eigenvalue weighted by Gasteiger charge is -2.32. The Labute approximate surface area is 146 Å². The summed E-state index contributed by atoms with van der Waals surface area (Å²) in [5, 5.41) is 3.30. The first kappa shape index (κ1) is 17.4. The third-order valence-electron chi connectivity index (χ3n) is 5.83. The molecule has 1 aromatic rings. The van der Waals surface area contributed by atoms with Crippen molar-refractivity contribution in [3.8, 4) is 0 Å². The fourth-order valence-electron chi connectivity index (χ4n) is 4.21. The van der Waals surface area contributed by atoms with Crippen molar-refractivity contribution in [2.45, 2.75) is 45.2 Å². The van der Waals surface area contributed by atoms with Crippen LogP contribution in [0.2, 0.25) is 0 Å². The summed E-state index contributed by atoms with van der Waals surface area (Å²) in [5.41, 5.74) is 1.42. The summed E-state index contributed by atoms with van der Waals surface area (Å²) in [5.74, 6) is 0.903. The zero-order valence-corrected chi connectivity index (χ0v) is 15.0. The number of hydrogen-bond acceptors (Lipinski definition) is 1. The van der Waals surface area contributed by atoms with E-state index in [4.69, 9.17) is 0 Å². The molecule has 0 spiro atoms. The predicted octanol–water partition coefficient (Wildman–Crippen LogP) is -0.335. The number of carbonyl (C=O) groups excluding carboxylic acids is 1. The molecule has 24 heavy (non-hydrogen) atoms. The molecule has 1 heterocycles. The fourth-order valence-corrected chi connectivity index (χ4v) is 4.21. The number of carbonyl (C=O) groups is 1. The monoisotopic (exact) mass is 331 g/mol. The van der Waals surface area contributed by atoms with Gasteiger partial charge in [-0.1, -0.05) is 50.1 Å². The Kier molecular flexibility index (Phi) is 6.27. The number of quaternary nitrogens is 2. The lowest BCUT2D eigenvalue weighted by atomic mass is 9.86. The van der Waals surface area contributed by atoms with E-state index in [1.807, 2.05) is 0 Å². The van der Waals surface area contributed by atoms with Crippen molar-refractivity contribution in [2.24, 2.45) is 5.92 Å². The Morgan fingerprint density at radius 1 is 1.04 bits per heavy atom. The molecule has 3 rings (SSSR count). The predicted molar refractivity (Wildman–Crippen MR) is 96.0 cm³/mol. The maximum atomic E-state index is 12.4. The molecule has 0 radical (unpaired) electrons. The van der Waals surface area contributed by atoms with Crippen molar-refractivity contribution in [1.82, 2.24) is 5.32 Å². The molecular weight excluding hydrogens is 298 g/mol. The minimum absolute atomic E-state index is 0.259. The lowest BCUT2D eigenvalue weighted by Crippen LogP contribution is -3.28. The van der Waals surface area contributed by atoms with Crippen molar-refractivity contribution in [2.75, 3.05) is 32.7 Å². The first-order valence-corrected chi connectivity index (χ1v) is 9.71. The molecule has 2 fully saturated rings. The smallest absolute Gasteiger partial charge is 0.275 e. The minimum atomic E-state index is 0.259. The molecule has 1 aliphatic heterocycles. The van der Waals surface area contributed by atoms with Gasteiger partial charge in [-0.05, 0) is 18.8 Å². The molecule has 132 valence electrons. The molecule has 3 N–H and O–H groups in total. The van der Waals surface area contributed by atoms with E-state index in [1.165, 1.54) is 29.7 Å². The second-order valence-electron chi connectivity index (χ2n) is 7.77. The number of hydrogen-bond donors (Lipinski definition) is 3. The van der Waals surface area contributed by atoms with E-state index in [1.54, 1.807) is 4.90 Å². The van der Waals surface area contributed by atoms with Crippen LogP contribution < -0.4 is 15.1 Å². The number of amides is 1. The average Bonchev–Trinajstić information content (AvgIpc) is 2.60. The van der Waals surface area contributed by atoms with E-state index >= 15 is 0 Å². The number of rotatable bonds is 5. The largest absolute Gasteiger partial charge is 0.348 e.